The first-order valence-corrected chi connectivity index (χ1v) is 9.48. The van der Waals surface area contributed by atoms with Crippen molar-refractivity contribution >= 4 is 38.3 Å². The number of halogens is 2. The molecule has 0 spiro atoms. The Morgan fingerprint density at radius 3 is 2.64 bits per heavy atom. The number of nitriles is 1. The monoisotopic (exact) mass is 456 g/mol. The number of phenolic OH excluding ortho intramolecular Hbond substituents is 1. The van der Waals surface area contributed by atoms with Crippen LogP contribution in [0.3, 0.4) is 0 Å². The van der Waals surface area contributed by atoms with Crippen LogP contribution in [0.2, 0.25) is 5.02 Å². The molecule has 0 aliphatic carbocycles. The third-order valence-electron chi connectivity index (χ3n) is 4.78. The molecule has 0 unspecified atom stereocenters. The van der Waals surface area contributed by atoms with Crippen LogP contribution >= 0.6 is 27.5 Å². The smallest absolute Gasteiger partial charge is 0.205 e. The van der Waals surface area contributed by atoms with E-state index in [0.29, 0.717) is 26.4 Å². The van der Waals surface area contributed by atoms with E-state index in [2.05, 4.69) is 22.0 Å². The molecule has 1 aliphatic rings. The van der Waals surface area contributed by atoms with Crippen LogP contribution in [0.25, 0.3) is 10.8 Å². The number of rotatable bonds is 2. The van der Waals surface area contributed by atoms with Crippen LogP contribution in [0.4, 0.5) is 0 Å². The first kappa shape index (κ1) is 18.5. The summed E-state index contributed by atoms with van der Waals surface area (Å²) in [5, 5.41) is 22.1. The summed E-state index contributed by atoms with van der Waals surface area (Å²) < 4.78 is 11.6. The Bertz CT molecular complexity index is 1200. The van der Waals surface area contributed by atoms with E-state index in [0.717, 1.165) is 10.8 Å². The molecule has 0 amide bonds. The molecule has 0 saturated heterocycles. The highest BCUT2D eigenvalue weighted by molar-refractivity contribution is 9.10. The fourth-order valence-corrected chi connectivity index (χ4v) is 4.24. The highest BCUT2D eigenvalue weighted by Crippen LogP contribution is 2.49. The van der Waals surface area contributed by atoms with Crippen molar-refractivity contribution in [1.82, 2.24) is 0 Å². The van der Waals surface area contributed by atoms with Gasteiger partial charge in [-0.1, -0.05) is 35.9 Å². The summed E-state index contributed by atoms with van der Waals surface area (Å²) in [5.74, 6) is 0.327. The van der Waals surface area contributed by atoms with Crippen molar-refractivity contribution in [3.8, 4) is 23.3 Å². The number of nitrogens with two attached hydrogens (primary N) is 1. The van der Waals surface area contributed by atoms with Crippen molar-refractivity contribution in [3.63, 3.8) is 0 Å². The number of benzene rings is 3. The maximum Gasteiger partial charge on any atom is 0.205 e. The molecule has 1 atom stereocenters. The molecule has 1 aliphatic heterocycles. The molecule has 5 nitrogen and oxygen atoms in total. The van der Waals surface area contributed by atoms with E-state index in [-0.39, 0.29) is 23.0 Å². The number of methoxy groups -OCH3 is 1. The van der Waals surface area contributed by atoms with Gasteiger partial charge in [-0.2, -0.15) is 5.26 Å². The second-order valence-corrected chi connectivity index (χ2v) is 7.56. The summed E-state index contributed by atoms with van der Waals surface area (Å²) in [6, 6.07) is 14.9. The summed E-state index contributed by atoms with van der Waals surface area (Å²) in [4.78, 5) is 0. The minimum atomic E-state index is -0.526. The lowest BCUT2D eigenvalue weighted by atomic mass is 9.82. The molecule has 28 heavy (non-hydrogen) atoms. The topological polar surface area (TPSA) is 88.5 Å². The Morgan fingerprint density at radius 2 is 1.96 bits per heavy atom. The minimum Gasteiger partial charge on any atom is -0.503 e. The summed E-state index contributed by atoms with van der Waals surface area (Å²) in [6.07, 6.45) is 0. The Kier molecular flexibility index (Phi) is 4.58. The molecule has 3 aromatic carbocycles. The second kappa shape index (κ2) is 6.93. The Hall–Kier alpha value is -2.88. The summed E-state index contributed by atoms with van der Waals surface area (Å²) in [6.45, 7) is 0. The molecule has 0 fully saturated rings. The van der Waals surface area contributed by atoms with E-state index in [9.17, 15) is 10.4 Å². The number of aromatic hydroxyl groups is 1. The van der Waals surface area contributed by atoms with Crippen LogP contribution in [0, 0.1) is 11.3 Å². The predicted octanol–water partition coefficient (Wildman–Crippen LogP) is 5.19. The van der Waals surface area contributed by atoms with Crippen molar-refractivity contribution in [2.75, 3.05) is 7.11 Å². The summed E-state index contributed by atoms with van der Waals surface area (Å²) in [7, 11) is 1.46. The molecule has 3 N–H and O–H groups in total. The molecular formula is C21H14BrClN2O3. The molecular weight excluding hydrogens is 444 g/mol. The van der Waals surface area contributed by atoms with Gasteiger partial charge in [0.25, 0.3) is 0 Å². The van der Waals surface area contributed by atoms with E-state index in [4.69, 9.17) is 26.8 Å². The number of fused-ring (bicyclic) bond motifs is 3. The maximum atomic E-state index is 10.2. The van der Waals surface area contributed by atoms with Crippen LogP contribution in [-0.4, -0.2) is 12.2 Å². The van der Waals surface area contributed by atoms with Crippen LogP contribution < -0.4 is 15.2 Å². The van der Waals surface area contributed by atoms with Crippen molar-refractivity contribution in [1.29, 1.82) is 5.26 Å². The number of ether oxygens (including phenoxy) is 2. The number of nitrogens with zero attached hydrogens (tertiary/aromatic N) is 1. The highest BCUT2D eigenvalue weighted by atomic mass is 79.9. The molecule has 7 heteroatoms. The Morgan fingerprint density at radius 1 is 1.25 bits per heavy atom. The summed E-state index contributed by atoms with van der Waals surface area (Å²) in [5.41, 5.74) is 7.79. The van der Waals surface area contributed by atoms with Gasteiger partial charge in [-0.25, -0.2) is 0 Å². The molecule has 4 rings (SSSR count). The molecule has 140 valence electrons. The van der Waals surface area contributed by atoms with Gasteiger partial charge in [0.2, 0.25) is 5.88 Å². The summed E-state index contributed by atoms with van der Waals surface area (Å²) >= 11 is 9.87. The van der Waals surface area contributed by atoms with Gasteiger partial charge in [0.1, 0.15) is 17.4 Å². The van der Waals surface area contributed by atoms with Crippen LogP contribution in [0.15, 0.2) is 58.4 Å². The molecule has 0 saturated carbocycles. The van der Waals surface area contributed by atoms with Crippen molar-refractivity contribution in [2.24, 2.45) is 5.73 Å². The largest absolute Gasteiger partial charge is 0.503 e. The third kappa shape index (κ3) is 2.75. The van der Waals surface area contributed by atoms with Gasteiger partial charge in [-0.15, -0.1) is 0 Å². The predicted molar refractivity (Wildman–Crippen MR) is 111 cm³/mol. The third-order valence-corrected chi connectivity index (χ3v) is 5.69. The number of phenols is 1. The van der Waals surface area contributed by atoms with Gasteiger partial charge in [0.15, 0.2) is 11.5 Å². The van der Waals surface area contributed by atoms with Crippen molar-refractivity contribution < 1.29 is 14.6 Å². The van der Waals surface area contributed by atoms with E-state index in [1.54, 1.807) is 18.2 Å². The zero-order chi connectivity index (χ0) is 20.0. The molecule has 0 bridgehead atoms. The quantitative estimate of drug-likeness (QED) is 0.553. The molecule has 3 aromatic rings. The number of hydrogen-bond donors (Lipinski definition) is 2. The molecule has 0 aromatic heterocycles. The number of hydrogen-bond acceptors (Lipinski definition) is 5. The average molecular weight is 458 g/mol. The SMILES string of the molecule is COc1cc([C@H]2C(C#N)=C(N)Oc3c2cc(Cl)c2ccccc32)cc(Br)c1O. The fraction of sp³-hybridized carbons (Fsp3) is 0.0952. The Labute approximate surface area is 174 Å². The zero-order valence-electron chi connectivity index (χ0n) is 14.7. The standard InChI is InChI=1S/C21H14BrClN2O3/c1-27-17-7-10(6-15(22)19(17)26)18-13-8-16(23)11-4-2-3-5-12(11)20(13)28-21(25)14(18)9-24/h2-8,18,26H,25H2,1H3/t18-/m1/s1. The van der Waals surface area contributed by atoms with Crippen molar-refractivity contribution in [2.45, 2.75) is 5.92 Å². The molecule has 1 heterocycles. The number of allylic oxidation sites excluding steroid dienone is 1. The van der Waals surface area contributed by atoms with E-state index < -0.39 is 5.92 Å². The first-order valence-electron chi connectivity index (χ1n) is 8.31. The van der Waals surface area contributed by atoms with Crippen LogP contribution in [0.1, 0.15) is 17.0 Å². The van der Waals surface area contributed by atoms with E-state index >= 15 is 0 Å². The van der Waals surface area contributed by atoms with Crippen molar-refractivity contribution in [3.05, 3.63) is 74.5 Å². The fourth-order valence-electron chi connectivity index (χ4n) is 3.50. The lowest BCUT2D eigenvalue weighted by molar-refractivity contribution is 0.370. The van der Waals surface area contributed by atoms with Crippen LogP contribution in [0.5, 0.6) is 17.2 Å². The van der Waals surface area contributed by atoms with Gasteiger partial charge < -0.3 is 20.3 Å². The van der Waals surface area contributed by atoms with Gasteiger partial charge in [-0.3, -0.25) is 0 Å². The lowest BCUT2D eigenvalue weighted by Crippen LogP contribution is -2.21. The van der Waals surface area contributed by atoms with E-state index in [1.165, 1.54) is 7.11 Å². The van der Waals surface area contributed by atoms with Gasteiger partial charge in [0, 0.05) is 21.4 Å². The van der Waals surface area contributed by atoms with Gasteiger partial charge in [0.05, 0.1) is 17.5 Å². The van der Waals surface area contributed by atoms with Gasteiger partial charge >= 0.3 is 0 Å². The Balaban J connectivity index is 2.06. The molecule has 0 radical (unpaired) electrons. The highest BCUT2D eigenvalue weighted by Gasteiger charge is 2.33. The minimum absolute atomic E-state index is 0.0227. The average Bonchev–Trinajstić information content (AvgIpc) is 2.70. The normalized spacial score (nSPS) is 15.7. The van der Waals surface area contributed by atoms with Crippen LogP contribution in [-0.2, 0) is 0 Å². The maximum absolute atomic E-state index is 10.2. The lowest BCUT2D eigenvalue weighted by Gasteiger charge is -2.28. The van der Waals surface area contributed by atoms with Gasteiger partial charge in [-0.05, 0) is 39.7 Å². The van der Waals surface area contributed by atoms with E-state index in [1.807, 2.05) is 24.3 Å². The second-order valence-electron chi connectivity index (χ2n) is 6.30. The zero-order valence-corrected chi connectivity index (χ0v) is 17.0. The first-order chi connectivity index (χ1) is 13.5.